The first-order chi connectivity index (χ1) is 5.27. The van der Waals surface area contributed by atoms with Crippen LogP contribution in [0.2, 0.25) is 0 Å². The Morgan fingerprint density at radius 2 is 2.55 bits per heavy atom. The van der Waals surface area contributed by atoms with Crippen molar-refractivity contribution in [2.45, 2.75) is 6.61 Å². The van der Waals surface area contributed by atoms with Crippen molar-refractivity contribution in [2.75, 3.05) is 0 Å². The first kappa shape index (κ1) is 7.55. The maximum absolute atomic E-state index is 10.5. The van der Waals surface area contributed by atoms with Crippen LogP contribution in [0.5, 0.6) is 0 Å². The molecule has 6 heteroatoms. The highest BCUT2D eigenvalue weighted by Crippen LogP contribution is 2.03. The fourth-order valence-electron chi connectivity index (χ4n) is 0.535. The number of rotatable bonds is 2. The van der Waals surface area contributed by atoms with Gasteiger partial charge in [0.25, 0.3) is 0 Å². The van der Waals surface area contributed by atoms with Gasteiger partial charge in [-0.25, -0.2) is 0 Å². The Balaban J connectivity index is 2.88. The molecule has 0 spiro atoms. The molecule has 0 aliphatic rings. The molecule has 0 bridgehead atoms. The molecule has 1 N–H and O–H groups in total. The zero-order valence-corrected chi connectivity index (χ0v) is 5.35. The Hall–Kier alpha value is -1.56. The molecule has 58 valence electrons. The monoisotopic (exact) mass is 156 g/mol. The van der Waals surface area contributed by atoms with Gasteiger partial charge in [0.1, 0.15) is 6.61 Å². The predicted molar refractivity (Wildman–Crippen MR) is 32.6 cm³/mol. The molecule has 1 heterocycles. The van der Waals surface area contributed by atoms with E-state index in [0.717, 1.165) is 6.07 Å². The van der Waals surface area contributed by atoms with Gasteiger partial charge in [0.05, 0.1) is 0 Å². The fraction of sp³-hybridized carbons (Fsp3) is 0.200. The summed E-state index contributed by atoms with van der Waals surface area (Å²) in [5, 5.41) is 13.7. The number of hydrogen-bond acceptors (Lipinski definition) is 5. The molecule has 1 aromatic heterocycles. The minimum absolute atomic E-state index is 0.122. The van der Waals surface area contributed by atoms with E-state index in [-0.39, 0.29) is 18.1 Å². The Labute approximate surface area is 60.8 Å². The van der Waals surface area contributed by atoms with Gasteiger partial charge in [-0.05, 0) is 0 Å². The molecule has 0 radical (unpaired) electrons. The molecule has 1 aromatic rings. The minimum atomic E-state index is -1.01. The lowest BCUT2D eigenvalue weighted by molar-refractivity contribution is 0.0991. The van der Waals surface area contributed by atoms with E-state index >= 15 is 0 Å². The lowest BCUT2D eigenvalue weighted by atomic mass is 10.3. The maximum atomic E-state index is 10.5. The van der Waals surface area contributed by atoms with Gasteiger partial charge in [-0.1, -0.05) is 5.16 Å². The Bertz CT molecular complexity index is 280. The summed E-state index contributed by atoms with van der Waals surface area (Å²) in [5.74, 6) is -0.884. The van der Waals surface area contributed by atoms with Crippen LogP contribution in [0, 0.1) is 4.91 Å². The maximum Gasteiger partial charge on any atom is 0.338 e. The van der Waals surface area contributed by atoms with Crippen LogP contribution >= 0.6 is 0 Å². The van der Waals surface area contributed by atoms with Crippen molar-refractivity contribution in [1.82, 2.24) is 5.16 Å². The van der Waals surface area contributed by atoms with E-state index < -0.39 is 5.91 Å². The molecule has 0 saturated carbocycles. The summed E-state index contributed by atoms with van der Waals surface area (Å²) in [6.07, 6.45) is 0. The van der Waals surface area contributed by atoms with Gasteiger partial charge in [-0.15, -0.1) is 4.91 Å². The number of aliphatic hydroxyl groups is 1. The molecule has 1 amide bonds. The van der Waals surface area contributed by atoms with Gasteiger partial charge in [-0.2, -0.15) is 0 Å². The van der Waals surface area contributed by atoms with Gasteiger partial charge in [0.15, 0.2) is 11.5 Å². The largest absolute Gasteiger partial charge is 0.388 e. The van der Waals surface area contributed by atoms with E-state index in [9.17, 15) is 9.70 Å². The zero-order chi connectivity index (χ0) is 8.27. The number of carbonyl (C=O) groups excluding carboxylic acids is 1. The number of carbonyl (C=O) groups is 1. The molecule has 0 aliphatic carbocycles. The molecule has 0 saturated heterocycles. The lowest BCUT2D eigenvalue weighted by Crippen LogP contribution is -1.91. The quantitative estimate of drug-likeness (QED) is 0.611. The molecule has 0 aliphatic heterocycles. The highest BCUT2D eigenvalue weighted by molar-refractivity contribution is 5.92. The highest BCUT2D eigenvalue weighted by Gasteiger charge is 2.11. The summed E-state index contributed by atoms with van der Waals surface area (Å²) in [6.45, 7) is -0.362. The molecule has 6 nitrogen and oxygen atoms in total. The van der Waals surface area contributed by atoms with Crippen LogP contribution in [0.15, 0.2) is 15.8 Å². The predicted octanol–water partition coefficient (Wildman–Crippen LogP) is 0.0735. The van der Waals surface area contributed by atoms with Crippen molar-refractivity contribution in [3.63, 3.8) is 0 Å². The van der Waals surface area contributed by atoms with Gasteiger partial charge < -0.3 is 9.63 Å². The summed E-state index contributed by atoms with van der Waals surface area (Å²) in [7, 11) is 0. The van der Waals surface area contributed by atoms with Gasteiger partial charge in [-0.3, -0.25) is 4.79 Å². The van der Waals surface area contributed by atoms with Crippen molar-refractivity contribution < 1.29 is 14.4 Å². The average molecular weight is 156 g/mol. The number of nitrogens with zero attached hydrogens (tertiary/aromatic N) is 2. The third kappa shape index (κ3) is 1.47. The standard InChI is InChI=1S/C5H4N2O4/c8-2-3-1-4(7-11-3)5(9)6-10/h1,8H,2H2. The van der Waals surface area contributed by atoms with Crippen LogP contribution in [0.25, 0.3) is 0 Å². The van der Waals surface area contributed by atoms with E-state index in [4.69, 9.17) is 5.11 Å². The molecule has 1 rings (SSSR count). The number of nitroso groups, excluding NO2 is 1. The first-order valence-electron chi connectivity index (χ1n) is 2.72. The lowest BCUT2D eigenvalue weighted by Gasteiger charge is -1.77. The third-order valence-corrected chi connectivity index (χ3v) is 1.02. The smallest absolute Gasteiger partial charge is 0.338 e. The van der Waals surface area contributed by atoms with Crippen LogP contribution in [0.3, 0.4) is 0 Å². The van der Waals surface area contributed by atoms with Crippen molar-refractivity contribution in [3.05, 3.63) is 22.4 Å². The van der Waals surface area contributed by atoms with Crippen molar-refractivity contribution in [1.29, 1.82) is 0 Å². The first-order valence-corrected chi connectivity index (χ1v) is 2.72. The van der Waals surface area contributed by atoms with Gasteiger partial charge in [0, 0.05) is 11.2 Å². The van der Waals surface area contributed by atoms with Gasteiger partial charge >= 0.3 is 5.91 Å². The Kier molecular flexibility index (Phi) is 2.07. The Morgan fingerprint density at radius 1 is 1.82 bits per heavy atom. The second-order valence-corrected chi connectivity index (χ2v) is 1.73. The summed E-state index contributed by atoms with van der Waals surface area (Å²) in [5.41, 5.74) is -0.191. The SMILES string of the molecule is O=NC(=O)c1cc(CO)on1. The van der Waals surface area contributed by atoms with E-state index in [1.807, 2.05) is 0 Å². The molecule has 0 aromatic carbocycles. The van der Waals surface area contributed by atoms with Crippen LogP contribution in [-0.4, -0.2) is 16.2 Å². The number of amides is 1. The van der Waals surface area contributed by atoms with E-state index in [0.29, 0.717) is 0 Å². The fourth-order valence-corrected chi connectivity index (χ4v) is 0.535. The third-order valence-electron chi connectivity index (χ3n) is 1.02. The highest BCUT2D eigenvalue weighted by atomic mass is 16.5. The van der Waals surface area contributed by atoms with Crippen molar-refractivity contribution in [2.24, 2.45) is 5.18 Å². The summed E-state index contributed by atoms with van der Waals surface area (Å²) in [6, 6.07) is 1.16. The number of aromatic nitrogens is 1. The minimum Gasteiger partial charge on any atom is -0.388 e. The van der Waals surface area contributed by atoms with Crippen LogP contribution in [0.4, 0.5) is 0 Å². The zero-order valence-electron chi connectivity index (χ0n) is 5.35. The molecular formula is C5H4N2O4. The molecule has 0 atom stereocenters. The summed E-state index contributed by atoms with van der Waals surface area (Å²) in [4.78, 5) is 20.1. The van der Waals surface area contributed by atoms with E-state index in [1.54, 1.807) is 0 Å². The second-order valence-electron chi connectivity index (χ2n) is 1.73. The number of hydrogen-bond donors (Lipinski definition) is 1. The van der Waals surface area contributed by atoms with Gasteiger partial charge in [0.2, 0.25) is 0 Å². The molecule has 11 heavy (non-hydrogen) atoms. The summed E-state index contributed by atoms with van der Waals surface area (Å²) >= 11 is 0. The molecule has 0 fully saturated rings. The average Bonchev–Trinajstić information content (AvgIpc) is 2.50. The second kappa shape index (κ2) is 3.02. The normalized spacial score (nSPS) is 9.55. The topological polar surface area (TPSA) is 92.8 Å². The van der Waals surface area contributed by atoms with Crippen LogP contribution < -0.4 is 0 Å². The van der Waals surface area contributed by atoms with Crippen molar-refractivity contribution >= 4 is 5.91 Å². The van der Waals surface area contributed by atoms with E-state index in [2.05, 4.69) is 14.9 Å². The van der Waals surface area contributed by atoms with Crippen molar-refractivity contribution in [3.8, 4) is 0 Å². The van der Waals surface area contributed by atoms with Crippen LogP contribution in [-0.2, 0) is 6.61 Å². The molecule has 0 unspecified atom stereocenters. The molecular weight excluding hydrogens is 152 g/mol. The Morgan fingerprint density at radius 3 is 3.00 bits per heavy atom. The summed E-state index contributed by atoms with van der Waals surface area (Å²) < 4.78 is 4.42. The van der Waals surface area contributed by atoms with E-state index in [1.165, 1.54) is 0 Å². The van der Waals surface area contributed by atoms with Crippen LogP contribution in [0.1, 0.15) is 16.2 Å². The number of aliphatic hydroxyl groups excluding tert-OH is 1.